The van der Waals surface area contributed by atoms with Crippen LogP contribution in [0.25, 0.3) is 0 Å². The molecule has 0 N–H and O–H groups in total. The van der Waals surface area contributed by atoms with E-state index in [2.05, 4.69) is 103 Å². The van der Waals surface area contributed by atoms with Crippen LogP contribution >= 0.6 is 69.6 Å². The summed E-state index contributed by atoms with van der Waals surface area (Å²) in [5.41, 5.74) is 3.05. The highest BCUT2D eigenvalue weighted by atomic mass is 35.5. The van der Waals surface area contributed by atoms with Gasteiger partial charge >= 0.3 is 0 Å². The van der Waals surface area contributed by atoms with Crippen molar-refractivity contribution in [2.45, 2.75) is 213 Å². The summed E-state index contributed by atoms with van der Waals surface area (Å²) in [6.45, 7) is 9.49. The summed E-state index contributed by atoms with van der Waals surface area (Å²) in [7, 11) is 9.48. The second-order valence-corrected chi connectivity index (χ2v) is 24.3. The van der Waals surface area contributed by atoms with Crippen molar-refractivity contribution < 1.29 is 19.2 Å². The molecule has 0 unspecified atom stereocenters. The van der Waals surface area contributed by atoms with E-state index in [-0.39, 0.29) is 47.7 Å². The van der Waals surface area contributed by atoms with Crippen LogP contribution < -0.4 is 10.2 Å². The Morgan fingerprint density at radius 2 is 0.589 bits per heavy atom. The minimum atomic E-state index is -0.530. The summed E-state index contributed by atoms with van der Waals surface area (Å²) >= 11 is 35.3. The van der Waals surface area contributed by atoms with Gasteiger partial charge in [0.2, 0.25) is 0 Å². The van der Waals surface area contributed by atoms with E-state index < -0.39 is 11.5 Å². The Morgan fingerprint density at radius 3 is 0.849 bits per heavy atom. The van der Waals surface area contributed by atoms with Gasteiger partial charge in [-0.2, -0.15) is 0 Å². The van der Waals surface area contributed by atoms with Gasteiger partial charge in [-0.15, -0.1) is 0 Å². The van der Waals surface area contributed by atoms with Crippen molar-refractivity contribution in [1.82, 2.24) is 0 Å². The van der Waals surface area contributed by atoms with E-state index in [9.17, 15) is 10.2 Å². The van der Waals surface area contributed by atoms with Crippen molar-refractivity contribution in [3.8, 4) is 11.5 Å². The molecule has 0 bridgehead atoms. The van der Waals surface area contributed by atoms with Crippen LogP contribution in [0.1, 0.15) is 216 Å². The summed E-state index contributed by atoms with van der Waals surface area (Å²) in [5, 5.41) is 24.1. The lowest BCUT2D eigenvalue weighted by Crippen LogP contribution is -2.39. The van der Waals surface area contributed by atoms with Gasteiger partial charge in [0.15, 0.2) is 0 Å². The maximum atomic E-state index is 12.1. The largest absolute Gasteiger partial charge is 0.871 e. The molecule has 4 aromatic rings. The lowest BCUT2D eigenvalue weighted by atomic mass is 10.0. The van der Waals surface area contributed by atoms with Crippen molar-refractivity contribution in [3.63, 3.8) is 0 Å². The molecule has 0 heterocycles. The van der Waals surface area contributed by atoms with Crippen LogP contribution in [0.3, 0.4) is 0 Å². The highest BCUT2D eigenvalue weighted by molar-refractivity contribution is 6.45. The zero-order valence-electron chi connectivity index (χ0n) is 46.2. The van der Waals surface area contributed by atoms with Crippen molar-refractivity contribution in [2.75, 3.05) is 41.3 Å². The number of quaternary nitrogens is 2. The average Bonchev–Trinajstić information content (AvgIpc) is 3.36. The van der Waals surface area contributed by atoms with Crippen molar-refractivity contribution in [3.05, 3.63) is 125 Å². The fraction of sp³-hybridized carbons (Fsp3) is 0.619. The topological polar surface area (TPSA) is 46.1 Å². The van der Waals surface area contributed by atoms with E-state index in [0.29, 0.717) is 0 Å². The van der Waals surface area contributed by atoms with Crippen molar-refractivity contribution in [1.29, 1.82) is 0 Å². The van der Waals surface area contributed by atoms with Crippen LogP contribution in [0.2, 0.25) is 30.1 Å². The molecule has 4 aromatic carbocycles. The van der Waals surface area contributed by atoms with E-state index in [4.69, 9.17) is 69.6 Å². The van der Waals surface area contributed by atoms with E-state index >= 15 is 0 Å². The molecular formula is C63H96Cl6N2O2. The second-order valence-electron chi connectivity index (χ2n) is 21.9. The summed E-state index contributed by atoms with van der Waals surface area (Å²) in [6.07, 6.45) is 40.2. The maximum Gasteiger partial charge on any atom is 0.104 e. The Morgan fingerprint density at radius 1 is 0.342 bits per heavy atom. The normalized spacial score (nSPS) is 11.6. The van der Waals surface area contributed by atoms with Gasteiger partial charge in [-0.1, -0.05) is 310 Å². The highest BCUT2D eigenvalue weighted by Gasteiger charge is 2.18. The Bertz CT molecular complexity index is 1820. The van der Waals surface area contributed by atoms with Gasteiger partial charge < -0.3 is 19.2 Å². The SMILES string of the molecule is CCCCCCCCCCCCCCCC[N+](C)(C)Cc1ccccc1.CCCCCCCCCCCCCCCC[N+](C)(C)Cc1ccccc1.[O-]c1c(Cl)cc(Cl)c(Cl)c1Cc1c([O-])c(Cl)cc(Cl)c1Cl. The minimum absolute atomic E-state index is 0.0117. The molecule has 0 saturated carbocycles. The summed E-state index contributed by atoms with van der Waals surface area (Å²) in [5.74, 6) is -1.06. The van der Waals surface area contributed by atoms with E-state index in [1.165, 1.54) is 216 Å². The molecule has 0 aliphatic heterocycles. The third-order valence-corrected chi connectivity index (χ3v) is 16.1. The van der Waals surface area contributed by atoms with Gasteiger partial charge in [0.1, 0.15) is 13.1 Å². The summed E-state index contributed by atoms with van der Waals surface area (Å²) < 4.78 is 2.23. The molecular weight excluding hydrogens is 1030 g/mol. The maximum absolute atomic E-state index is 12.1. The van der Waals surface area contributed by atoms with Gasteiger partial charge in [-0.3, -0.25) is 0 Å². The number of unbranched alkanes of at least 4 members (excludes halogenated alkanes) is 26. The summed E-state index contributed by atoms with van der Waals surface area (Å²) in [4.78, 5) is 0. The molecule has 73 heavy (non-hydrogen) atoms. The third kappa shape index (κ3) is 31.2. The number of hydrogen-bond donors (Lipinski definition) is 0. The van der Waals surface area contributed by atoms with Crippen LogP contribution in [0.5, 0.6) is 11.5 Å². The van der Waals surface area contributed by atoms with Crippen molar-refractivity contribution >= 4 is 69.6 Å². The van der Waals surface area contributed by atoms with Crippen LogP contribution in [0.4, 0.5) is 0 Å². The number of nitrogens with zero attached hydrogens (tertiary/aromatic N) is 2. The molecule has 4 rings (SSSR count). The number of halogens is 6. The molecule has 412 valence electrons. The number of hydrogen-bond acceptors (Lipinski definition) is 2. The van der Waals surface area contributed by atoms with E-state index in [0.717, 1.165) is 22.1 Å². The highest BCUT2D eigenvalue weighted by Crippen LogP contribution is 2.43. The molecule has 0 aliphatic carbocycles. The lowest BCUT2D eigenvalue weighted by Gasteiger charge is -2.30. The fourth-order valence-corrected chi connectivity index (χ4v) is 10.9. The smallest absolute Gasteiger partial charge is 0.104 e. The Balaban J connectivity index is 0.000000377. The first-order chi connectivity index (χ1) is 35.0. The Kier molecular flexibility index (Phi) is 37.2. The number of benzene rings is 4. The molecule has 0 atom stereocenters. The van der Waals surface area contributed by atoms with E-state index in [1.54, 1.807) is 0 Å². The quantitative estimate of drug-likeness (QED) is 0.0259. The molecule has 0 aliphatic rings. The van der Waals surface area contributed by atoms with Gasteiger partial charge in [0, 0.05) is 21.2 Å². The first-order valence-corrected chi connectivity index (χ1v) is 30.7. The molecule has 0 radical (unpaired) electrons. The number of rotatable bonds is 36. The Hall–Kier alpha value is -1.86. The molecule has 0 saturated heterocycles. The zero-order chi connectivity index (χ0) is 53.7. The van der Waals surface area contributed by atoms with Crippen LogP contribution in [0.15, 0.2) is 72.8 Å². The lowest BCUT2D eigenvalue weighted by molar-refractivity contribution is -0.903. The van der Waals surface area contributed by atoms with Gasteiger partial charge in [0.05, 0.1) is 61.4 Å². The molecule has 0 spiro atoms. The van der Waals surface area contributed by atoms with Crippen LogP contribution in [-0.4, -0.2) is 50.2 Å². The van der Waals surface area contributed by atoms with Crippen LogP contribution in [-0.2, 0) is 19.5 Å². The monoisotopic (exact) mass is 1120 g/mol. The predicted octanol–water partition coefficient (Wildman–Crippen LogP) is 20.8. The third-order valence-electron chi connectivity index (χ3n) is 13.9. The van der Waals surface area contributed by atoms with Crippen LogP contribution in [0, 0.1) is 0 Å². The first kappa shape index (κ1) is 67.3. The Labute approximate surface area is 476 Å². The molecule has 0 amide bonds. The summed E-state index contributed by atoms with van der Waals surface area (Å²) in [6, 6.07) is 24.3. The fourth-order valence-electron chi connectivity index (χ4n) is 9.53. The van der Waals surface area contributed by atoms with E-state index in [1.807, 2.05) is 0 Å². The van der Waals surface area contributed by atoms with Gasteiger partial charge in [0.25, 0.3) is 0 Å². The molecule has 4 nitrogen and oxygen atoms in total. The minimum Gasteiger partial charge on any atom is -0.871 e. The zero-order valence-corrected chi connectivity index (χ0v) is 50.8. The van der Waals surface area contributed by atoms with Crippen molar-refractivity contribution in [2.24, 2.45) is 0 Å². The predicted molar refractivity (Wildman–Crippen MR) is 320 cm³/mol. The van der Waals surface area contributed by atoms with Gasteiger partial charge in [-0.25, -0.2) is 0 Å². The second kappa shape index (κ2) is 40.4. The standard InChI is InChI=1S/2C25H46N.C13H6Cl6O2/c2*1-4-5-6-7-8-9-10-11-12-13-14-15-16-20-23-26(2,3)24-25-21-18-17-19-22-25;14-6-2-8(16)12(20)4(10(6)18)1-5-11(19)7(15)3-9(17)13(5)21/h2*17-19,21-22H,4-16,20,23-24H2,1-3H3;2-3,20-21H,1H2/q2*+1;/p-2. The molecule has 0 fully saturated rings. The first-order valence-electron chi connectivity index (χ1n) is 28.4. The molecule has 0 aromatic heterocycles. The molecule has 10 heteroatoms. The van der Waals surface area contributed by atoms with Gasteiger partial charge in [-0.05, 0) is 55.4 Å². The average molecular weight is 1130 g/mol.